The van der Waals surface area contributed by atoms with E-state index in [1.807, 2.05) is 30.3 Å². The van der Waals surface area contributed by atoms with Crippen molar-refractivity contribution in [2.75, 3.05) is 0 Å². The number of azo groups is 1. The second-order valence-electron chi connectivity index (χ2n) is 2.03. The molecule has 47 valence electrons. The third-order valence-corrected chi connectivity index (χ3v) is 1.35. The molecule has 1 aromatic rings. The highest BCUT2D eigenvalue weighted by Gasteiger charge is 2.03. The van der Waals surface area contributed by atoms with Crippen LogP contribution >= 0.6 is 0 Å². The van der Waals surface area contributed by atoms with Gasteiger partial charge in [0, 0.05) is 5.56 Å². The molecule has 0 saturated heterocycles. The Kier molecular flexibility index (Phi) is 1.10. The van der Waals surface area contributed by atoms with Gasteiger partial charge in [0.05, 0.1) is 0 Å². The number of hydrogen-bond donors (Lipinski definition) is 0. The van der Waals surface area contributed by atoms with Gasteiger partial charge in [0.15, 0.2) is 0 Å². The van der Waals surface area contributed by atoms with E-state index in [0.29, 0.717) is 0 Å². The summed E-state index contributed by atoms with van der Waals surface area (Å²) in [6.07, 6.45) is 2.74. The van der Waals surface area contributed by atoms with E-state index >= 15 is 0 Å². The van der Waals surface area contributed by atoms with Crippen LogP contribution in [0.25, 0.3) is 5.70 Å². The van der Waals surface area contributed by atoms with E-state index in [1.54, 1.807) is 0 Å². The first-order chi connectivity index (χ1) is 4.97. The molecule has 0 aliphatic carbocycles. The molecule has 0 N–H and O–H groups in total. The predicted molar refractivity (Wildman–Crippen MR) is 37.9 cm³/mol. The van der Waals surface area contributed by atoms with Crippen molar-refractivity contribution in [2.45, 2.75) is 0 Å². The molecule has 1 aliphatic heterocycles. The van der Waals surface area contributed by atoms with E-state index in [9.17, 15) is 0 Å². The van der Waals surface area contributed by atoms with Crippen LogP contribution in [-0.4, -0.2) is 0 Å². The lowest BCUT2D eigenvalue weighted by Crippen LogP contribution is -1.83. The number of benzene rings is 1. The molecule has 0 unspecified atom stereocenters. The fourth-order valence-corrected chi connectivity index (χ4v) is 0.818. The van der Waals surface area contributed by atoms with E-state index in [0.717, 1.165) is 11.3 Å². The van der Waals surface area contributed by atoms with Gasteiger partial charge >= 0.3 is 0 Å². The maximum atomic E-state index is 3.77. The van der Waals surface area contributed by atoms with Crippen molar-refractivity contribution in [3.63, 3.8) is 0 Å². The van der Waals surface area contributed by atoms with Gasteiger partial charge in [-0.3, -0.25) is 0 Å². The molecular weight excluding hydrogens is 124 g/mol. The summed E-state index contributed by atoms with van der Waals surface area (Å²) in [4.78, 5) is 0. The Morgan fingerprint density at radius 2 is 1.80 bits per heavy atom. The summed E-state index contributed by atoms with van der Waals surface area (Å²) >= 11 is 0. The van der Waals surface area contributed by atoms with Crippen LogP contribution in [0.5, 0.6) is 0 Å². The van der Waals surface area contributed by atoms with Crippen molar-refractivity contribution in [3.8, 4) is 0 Å². The molecule has 1 aliphatic rings. The normalized spacial score (nSPS) is 14.2. The minimum atomic E-state index is 0.848. The fraction of sp³-hybridized carbons (Fsp3) is 0. The summed E-state index contributed by atoms with van der Waals surface area (Å²) in [6, 6.07) is 9.89. The van der Waals surface area contributed by atoms with Gasteiger partial charge in [0.1, 0.15) is 11.9 Å². The molecule has 0 amide bonds. The first-order valence-electron chi connectivity index (χ1n) is 3.06. The van der Waals surface area contributed by atoms with E-state index in [-0.39, 0.29) is 0 Å². The highest BCUT2D eigenvalue weighted by Crippen LogP contribution is 2.20. The third kappa shape index (κ3) is 0.739. The largest absolute Gasteiger partial charge is 0.147 e. The van der Waals surface area contributed by atoms with E-state index in [1.165, 1.54) is 0 Å². The average molecular weight is 129 g/mol. The van der Waals surface area contributed by atoms with E-state index in [2.05, 4.69) is 16.4 Å². The minimum Gasteiger partial charge on any atom is -0.147 e. The molecular formula is C8H5N2. The quantitative estimate of drug-likeness (QED) is 0.555. The smallest absolute Gasteiger partial charge is 0.144 e. The predicted octanol–water partition coefficient (Wildman–Crippen LogP) is 2.25. The molecule has 0 spiro atoms. The van der Waals surface area contributed by atoms with Gasteiger partial charge in [-0.25, -0.2) is 0 Å². The van der Waals surface area contributed by atoms with Gasteiger partial charge in [-0.15, -0.1) is 10.2 Å². The fourth-order valence-electron chi connectivity index (χ4n) is 0.818. The Morgan fingerprint density at radius 3 is 2.30 bits per heavy atom. The second kappa shape index (κ2) is 2.06. The van der Waals surface area contributed by atoms with Crippen molar-refractivity contribution < 1.29 is 0 Å². The van der Waals surface area contributed by atoms with Gasteiger partial charge in [-0.2, -0.15) is 0 Å². The summed E-state index contributed by atoms with van der Waals surface area (Å²) in [5.41, 5.74) is 1.93. The van der Waals surface area contributed by atoms with Crippen molar-refractivity contribution in [3.05, 3.63) is 42.1 Å². The zero-order valence-electron chi connectivity index (χ0n) is 5.28. The number of nitrogens with zero attached hydrogens (tertiary/aromatic N) is 2. The number of hydrogen-bond acceptors (Lipinski definition) is 2. The van der Waals surface area contributed by atoms with Crippen LogP contribution in [0.4, 0.5) is 0 Å². The summed E-state index contributed by atoms with van der Waals surface area (Å²) in [6.45, 7) is 0. The molecule has 0 saturated carbocycles. The van der Waals surface area contributed by atoms with Crippen LogP contribution in [0.15, 0.2) is 40.6 Å². The van der Waals surface area contributed by atoms with Crippen molar-refractivity contribution >= 4 is 5.70 Å². The first-order valence-corrected chi connectivity index (χ1v) is 3.06. The van der Waals surface area contributed by atoms with E-state index in [4.69, 9.17) is 0 Å². The standard InChI is InChI=1S/C8H5N2/c1-2-4-7(5-3-1)8-6-9-10-8/h1-5H. The summed E-state index contributed by atoms with van der Waals surface area (Å²) in [5, 5.41) is 7.28. The lowest BCUT2D eigenvalue weighted by atomic mass is 10.2. The first kappa shape index (κ1) is 5.35. The lowest BCUT2D eigenvalue weighted by molar-refractivity contribution is 1.11. The Bertz CT molecular complexity index is 285. The van der Waals surface area contributed by atoms with Crippen LogP contribution in [0.2, 0.25) is 0 Å². The van der Waals surface area contributed by atoms with Crippen LogP contribution in [0.3, 0.4) is 0 Å². The molecule has 1 radical (unpaired) electrons. The Labute approximate surface area is 58.9 Å². The average Bonchev–Trinajstić information content (AvgIpc) is 1.86. The Hall–Kier alpha value is -1.44. The zero-order chi connectivity index (χ0) is 6.81. The van der Waals surface area contributed by atoms with Gasteiger partial charge in [-0.1, -0.05) is 30.3 Å². The van der Waals surface area contributed by atoms with Crippen LogP contribution in [0, 0.1) is 6.20 Å². The summed E-state index contributed by atoms with van der Waals surface area (Å²) < 4.78 is 0. The molecule has 0 fully saturated rings. The maximum Gasteiger partial charge on any atom is 0.144 e. The molecule has 1 aromatic carbocycles. The SMILES string of the molecule is [C]1=C(c2ccccc2)N=N1. The Morgan fingerprint density at radius 1 is 1.10 bits per heavy atom. The highest BCUT2D eigenvalue weighted by molar-refractivity contribution is 5.64. The topological polar surface area (TPSA) is 24.7 Å². The summed E-state index contributed by atoms with van der Waals surface area (Å²) in [5.74, 6) is 0. The molecule has 2 rings (SSSR count). The molecule has 10 heavy (non-hydrogen) atoms. The van der Waals surface area contributed by atoms with Crippen molar-refractivity contribution in [1.29, 1.82) is 0 Å². The van der Waals surface area contributed by atoms with Crippen LogP contribution < -0.4 is 0 Å². The molecule has 2 nitrogen and oxygen atoms in total. The minimum absolute atomic E-state index is 0.848. The Balaban J connectivity index is 2.35. The second-order valence-corrected chi connectivity index (χ2v) is 2.03. The van der Waals surface area contributed by atoms with Gasteiger partial charge in [-0.05, 0) is 0 Å². The van der Waals surface area contributed by atoms with Crippen molar-refractivity contribution in [1.82, 2.24) is 0 Å². The molecule has 1 heterocycles. The van der Waals surface area contributed by atoms with Gasteiger partial charge in [0.25, 0.3) is 0 Å². The molecule has 0 atom stereocenters. The monoisotopic (exact) mass is 129 g/mol. The van der Waals surface area contributed by atoms with Crippen LogP contribution in [0.1, 0.15) is 5.56 Å². The molecule has 2 heteroatoms. The van der Waals surface area contributed by atoms with Gasteiger partial charge in [0.2, 0.25) is 0 Å². The van der Waals surface area contributed by atoms with Crippen molar-refractivity contribution in [2.24, 2.45) is 10.2 Å². The lowest BCUT2D eigenvalue weighted by Gasteiger charge is -2.01. The van der Waals surface area contributed by atoms with Gasteiger partial charge < -0.3 is 0 Å². The molecule has 0 aromatic heterocycles. The third-order valence-electron chi connectivity index (χ3n) is 1.35. The number of rotatable bonds is 1. The van der Waals surface area contributed by atoms with E-state index < -0.39 is 0 Å². The highest BCUT2D eigenvalue weighted by atomic mass is 15.2. The zero-order valence-corrected chi connectivity index (χ0v) is 5.28. The molecule has 0 bridgehead atoms. The summed E-state index contributed by atoms with van der Waals surface area (Å²) in [7, 11) is 0. The van der Waals surface area contributed by atoms with Crippen LogP contribution in [-0.2, 0) is 0 Å². The maximum absolute atomic E-state index is 3.77.